The Kier molecular flexibility index (Phi) is 4.73. The highest BCUT2D eigenvalue weighted by molar-refractivity contribution is 5.60. The standard InChI is InChI=1S/C20H25N5O/c1-14-18(15(2)23-22-14)10-11-19-21-20(24-26-19)16-6-8-17(9-7-16)25-12-4-3-5-13-25/h6-9H,3-5,10-13H2,1-2H3,(H,22,23). The highest BCUT2D eigenvalue weighted by Gasteiger charge is 2.14. The van der Waals surface area contributed by atoms with E-state index in [0.29, 0.717) is 11.7 Å². The van der Waals surface area contributed by atoms with Crippen molar-refractivity contribution in [1.82, 2.24) is 20.3 Å². The number of aromatic amines is 1. The molecule has 26 heavy (non-hydrogen) atoms. The lowest BCUT2D eigenvalue weighted by Gasteiger charge is -2.28. The van der Waals surface area contributed by atoms with Crippen LogP contribution in [0.3, 0.4) is 0 Å². The fraction of sp³-hybridized carbons (Fsp3) is 0.450. The Morgan fingerprint density at radius 1 is 1.04 bits per heavy atom. The molecule has 6 heteroatoms. The highest BCUT2D eigenvalue weighted by Crippen LogP contribution is 2.24. The number of nitrogens with one attached hydrogen (secondary N) is 1. The molecule has 0 aliphatic carbocycles. The van der Waals surface area contributed by atoms with Gasteiger partial charge >= 0.3 is 0 Å². The minimum Gasteiger partial charge on any atom is -0.372 e. The van der Waals surface area contributed by atoms with Crippen molar-refractivity contribution in [2.24, 2.45) is 0 Å². The molecule has 1 aliphatic heterocycles. The van der Waals surface area contributed by atoms with Gasteiger partial charge in [0.25, 0.3) is 0 Å². The second kappa shape index (κ2) is 7.32. The monoisotopic (exact) mass is 351 g/mol. The Balaban J connectivity index is 1.42. The Morgan fingerprint density at radius 3 is 2.50 bits per heavy atom. The van der Waals surface area contributed by atoms with Gasteiger partial charge in [0.05, 0.1) is 5.69 Å². The van der Waals surface area contributed by atoms with Gasteiger partial charge in [0.15, 0.2) is 0 Å². The summed E-state index contributed by atoms with van der Waals surface area (Å²) in [5.41, 5.74) is 5.65. The van der Waals surface area contributed by atoms with Crippen LogP contribution < -0.4 is 4.90 Å². The molecule has 0 spiro atoms. The van der Waals surface area contributed by atoms with Gasteiger partial charge in [-0.05, 0) is 69.4 Å². The van der Waals surface area contributed by atoms with Crippen molar-refractivity contribution >= 4 is 5.69 Å². The second-order valence-electron chi connectivity index (χ2n) is 7.02. The Morgan fingerprint density at radius 2 is 1.81 bits per heavy atom. The van der Waals surface area contributed by atoms with E-state index in [9.17, 15) is 0 Å². The van der Waals surface area contributed by atoms with Crippen molar-refractivity contribution in [1.29, 1.82) is 0 Å². The maximum absolute atomic E-state index is 5.44. The first-order valence-electron chi connectivity index (χ1n) is 9.39. The van der Waals surface area contributed by atoms with Crippen LogP contribution >= 0.6 is 0 Å². The van der Waals surface area contributed by atoms with E-state index in [1.807, 2.05) is 13.8 Å². The Hall–Kier alpha value is -2.63. The number of H-pyrrole nitrogens is 1. The zero-order chi connectivity index (χ0) is 17.9. The molecule has 3 aromatic rings. The van der Waals surface area contributed by atoms with Crippen LogP contribution in [0.2, 0.25) is 0 Å². The largest absolute Gasteiger partial charge is 0.372 e. The number of nitrogens with zero attached hydrogens (tertiary/aromatic N) is 4. The molecule has 0 saturated carbocycles. The van der Waals surface area contributed by atoms with Gasteiger partial charge in [0, 0.05) is 36.5 Å². The summed E-state index contributed by atoms with van der Waals surface area (Å²) in [5, 5.41) is 11.4. The Bertz CT molecular complexity index is 839. The molecule has 1 fully saturated rings. The van der Waals surface area contributed by atoms with E-state index in [1.54, 1.807) is 0 Å². The number of piperidine rings is 1. The van der Waals surface area contributed by atoms with Crippen molar-refractivity contribution in [2.75, 3.05) is 18.0 Å². The lowest BCUT2D eigenvalue weighted by Crippen LogP contribution is -2.29. The molecule has 0 bridgehead atoms. The number of rotatable bonds is 5. The van der Waals surface area contributed by atoms with Crippen LogP contribution in [0.15, 0.2) is 28.8 Å². The molecule has 1 aromatic carbocycles. The van der Waals surface area contributed by atoms with Crippen molar-refractivity contribution in [3.63, 3.8) is 0 Å². The van der Waals surface area contributed by atoms with E-state index < -0.39 is 0 Å². The molecule has 136 valence electrons. The molecule has 1 aliphatic rings. The van der Waals surface area contributed by atoms with E-state index in [2.05, 4.69) is 49.5 Å². The fourth-order valence-corrected chi connectivity index (χ4v) is 3.62. The first-order valence-corrected chi connectivity index (χ1v) is 9.39. The first-order chi connectivity index (χ1) is 12.7. The summed E-state index contributed by atoms with van der Waals surface area (Å²) in [6.45, 7) is 6.36. The third-order valence-electron chi connectivity index (χ3n) is 5.18. The molecule has 0 amide bonds. The predicted molar refractivity (Wildman–Crippen MR) is 101 cm³/mol. The number of anilines is 1. The normalized spacial score (nSPS) is 14.8. The zero-order valence-electron chi connectivity index (χ0n) is 15.5. The SMILES string of the molecule is Cc1n[nH]c(C)c1CCc1nc(-c2ccc(N3CCCCC3)cc2)no1. The van der Waals surface area contributed by atoms with Crippen LogP contribution in [-0.4, -0.2) is 33.4 Å². The number of aromatic nitrogens is 4. The smallest absolute Gasteiger partial charge is 0.227 e. The minimum atomic E-state index is 0.658. The molecule has 6 nitrogen and oxygen atoms in total. The van der Waals surface area contributed by atoms with E-state index in [1.165, 1.54) is 30.5 Å². The van der Waals surface area contributed by atoms with Gasteiger partial charge in [-0.3, -0.25) is 5.10 Å². The third-order valence-corrected chi connectivity index (χ3v) is 5.18. The van der Waals surface area contributed by atoms with Gasteiger partial charge in [-0.2, -0.15) is 10.1 Å². The van der Waals surface area contributed by atoms with Crippen LogP contribution in [0, 0.1) is 13.8 Å². The van der Waals surface area contributed by atoms with Crippen LogP contribution in [-0.2, 0) is 12.8 Å². The molecule has 4 rings (SSSR count). The molecule has 1 saturated heterocycles. The molecular formula is C20H25N5O. The van der Waals surface area contributed by atoms with Gasteiger partial charge in [0.2, 0.25) is 11.7 Å². The predicted octanol–water partition coefficient (Wildman–Crippen LogP) is 3.85. The van der Waals surface area contributed by atoms with Crippen molar-refractivity contribution in [2.45, 2.75) is 46.0 Å². The molecular weight excluding hydrogens is 326 g/mol. The summed E-state index contributed by atoms with van der Waals surface area (Å²) in [6.07, 6.45) is 5.49. The average molecular weight is 351 g/mol. The van der Waals surface area contributed by atoms with Gasteiger partial charge in [-0.25, -0.2) is 0 Å². The van der Waals surface area contributed by atoms with Gasteiger partial charge in [0.1, 0.15) is 0 Å². The number of benzene rings is 1. The number of aryl methyl sites for hydroxylation is 3. The zero-order valence-corrected chi connectivity index (χ0v) is 15.5. The molecule has 0 atom stereocenters. The van der Waals surface area contributed by atoms with E-state index in [-0.39, 0.29) is 0 Å². The summed E-state index contributed by atoms with van der Waals surface area (Å²) >= 11 is 0. The quantitative estimate of drug-likeness (QED) is 0.756. The minimum absolute atomic E-state index is 0.658. The van der Waals surface area contributed by atoms with E-state index in [0.717, 1.165) is 42.9 Å². The number of hydrogen-bond acceptors (Lipinski definition) is 5. The summed E-state index contributed by atoms with van der Waals surface area (Å²) in [5.74, 6) is 1.32. The van der Waals surface area contributed by atoms with Crippen LogP contribution in [0.5, 0.6) is 0 Å². The van der Waals surface area contributed by atoms with Gasteiger partial charge < -0.3 is 9.42 Å². The van der Waals surface area contributed by atoms with E-state index >= 15 is 0 Å². The van der Waals surface area contributed by atoms with Crippen molar-refractivity contribution in [3.05, 3.63) is 47.1 Å². The van der Waals surface area contributed by atoms with Crippen LogP contribution in [0.25, 0.3) is 11.4 Å². The van der Waals surface area contributed by atoms with Crippen molar-refractivity contribution < 1.29 is 4.52 Å². The molecule has 0 radical (unpaired) electrons. The molecule has 0 unspecified atom stereocenters. The summed E-state index contributed by atoms with van der Waals surface area (Å²) < 4.78 is 5.44. The molecule has 2 aromatic heterocycles. The lowest BCUT2D eigenvalue weighted by atomic mass is 10.1. The van der Waals surface area contributed by atoms with Crippen molar-refractivity contribution in [3.8, 4) is 11.4 Å². The summed E-state index contributed by atoms with van der Waals surface area (Å²) in [4.78, 5) is 7.01. The maximum Gasteiger partial charge on any atom is 0.227 e. The number of hydrogen-bond donors (Lipinski definition) is 1. The lowest BCUT2D eigenvalue weighted by molar-refractivity contribution is 0.379. The topological polar surface area (TPSA) is 70.8 Å². The molecule has 3 heterocycles. The highest BCUT2D eigenvalue weighted by atomic mass is 16.5. The van der Waals surface area contributed by atoms with Gasteiger partial charge in [-0.15, -0.1) is 0 Å². The van der Waals surface area contributed by atoms with Crippen LogP contribution in [0.4, 0.5) is 5.69 Å². The van der Waals surface area contributed by atoms with Gasteiger partial charge in [-0.1, -0.05) is 5.16 Å². The maximum atomic E-state index is 5.44. The summed E-state index contributed by atoms with van der Waals surface area (Å²) in [7, 11) is 0. The Labute approximate surface area is 153 Å². The van der Waals surface area contributed by atoms with Crippen LogP contribution in [0.1, 0.15) is 42.1 Å². The molecule has 1 N–H and O–H groups in total. The third kappa shape index (κ3) is 3.49. The fourth-order valence-electron chi connectivity index (χ4n) is 3.62. The first kappa shape index (κ1) is 16.8. The van der Waals surface area contributed by atoms with E-state index in [4.69, 9.17) is 4.52 Å². The second-order valence-corrected chi connectivity index (χ2v) is 7.02. The average Bonchev–Trinajstić information content (AvgIpc) is 3.28. The summed E-state index contributed by atoms with van der Waals surface area (Å²) in [6, 6.07) is 8.50.